The number of hydrogen-bond acceptors (Lipinski definition) is 2. The number of aryl methyl sites for hydroxylation is 1. The summed E-state index contributed by atoms with van der Waals surface area (Å²) in [5.41, 5.74) is 2.57. The van der Waals surface area contributed by atoms with Gasteiger partial charge in [0.15, 0.2) is 0 Å². The van der Waals surface area contributed by atoms with Crippen LogP contribution in [0, 0.1) is 18.3 Å². The molecule has 0 bridgehead atoms. The van der Waals surface area contributed by atoms with Gasteiger partial charge in [0.05, 0.1) is 0 Å². The van der Waals surface area contributed by atoms with E-state index in [9.17, 15) is 9.59 Å². The fourth-order valence-electron chi connectivity index (χ4n) is 4.11. The molecule has 1 aromatic rings. The van der Waals surface area contributed by atoms with Crippen molar-refractivity contribution < 1.29 is 9.59 Å². The molecular weight excluding hydrogens is 362 g/mol. The summed E-state index contributed by atoms with van der Waals surface area (Å²) in [7, 11) is 0. The van der Waals surface area contributed by atoms with Gasteiger partial charge in [-0.15, -0.1) is 0 Å². The molecule has 1 aromatic carbocycles. The van der Waals surface area contributed by atoms with Gasteiger partial charge in [-0.2, -0.15) is 0 Å². The molecule has 160 valence electrons. The predicted octanol–water partition coefficient (Wildman–Crippen LogP) is 4.58. The van der Waals surface area contributed by atoms with E-state index in [2.05, 4.69) is 55.7 Å². The SMILES string of the molecule is CC/C=C/NC(=O)N[C@@H](C(=O)N1CCC(c2ccc(C)cc2)C(C)(C)C1)C(C)C. The van der Waals surface area contributed by atoms with Gasteiger partial charge in [0.2, 0.25) is 5.91 Å². The first-order chi connectivity index (χ1) is 13.7. The lowest BCUT2D eigenvalue weighted by atomic mass is 9.70. The van der Waals surface area contributed by atoms with Crippen LogP contribution in [0.5, 0.6) is 0 Å². The Morgan fingerprint density at radius 1 is 1.24 bits per heavy atom. The van der Waals surface area contributed by atoms with Crippen LogP contribution in [0.3, 0.4) is 0 Å². The van der Waals surface area contributed by atoms with Crippen molar-refractivity contribution in [3.8, 4) is 0 Å². The van der Waals surface area contributed by atoms with Gasteiger partial charge in [-0.25, -0.2) is 4.79 Å². The van der Waals surface area contributed by atoms with Crippen LogP contribution in [0.25, 0.3) is 0 Å². The van der Waals surface area contributed by atoms with E-state index < -0.39 is 6.04 Å². The van der Waals surface area contributed by atoms with Gasteiger partial charge in [0.25, 0.3) is 0 Å². The fraction of sp³-hybridized carbons (Fsp3) is 0.583. The van der Waals surface area contributed by atoms with Crippen LogP contribution in [-0.2, 0) is 4.79 Å². The number of amides is 3. The number of carbonyl (C=O) groups is 2. The first-order valence-corrected chi connectivity index (χ1v) is 10.7. The maximum atomic E-state index is 13.2. The van der Waals surface area contributed by atoms with Crippen molar-refractivity contribution in [3.63, 3.8) is 0 Å². The standard InChI is InChI=1S/C24H37N3O2/c1-7-8-14-25-23(29)26-21(17(2)3)22(28)27-15-13-20(24(5,6)16-27)19-11-9-18(4)10-12-19/h8-12,14,17,20-21H,7,13,15-16H2,1-6H3,(H2,25,26,29)/b14-8+/t20?,21-/m1/s1. The highest BCUT2D eigenvalue weighted by molar-refractivity contribution is 5.87. The summed E-state index contributed by atoms with van der Waals surface area (Å²) in [6.07, 6.45) is 5.26. The molecule has 1 saturated heterocycles. The number of likely N-dealkylation sites (tertiary alicyclic amines) is 1. The molecule has 0 aromatic heterocycles. The molecule has 0 saturated carbocycles. The van der Waals surface area contributed by atoms with Crippen molar-refractivity contribution in [2.45, 2.75) is 66.3 Å². The van der Waals surface area contributed by atoms with Crippen LogP contribution in [0.2, 0.25) is 0 Å². The van der Waals surface area contributed by atoms with Crippen molar-refractivity contribution in [2.24, 2.45) is 11.3 Å². The van der Waals surface area contributed by atoms with Gasteiger partial charge in [-0.05, 0) is 42.6 Å². The van der Waals surface area contributed by atoms with Gasteiger partial charge in [0.1, 0.15) is 6.04 Å². The Hall–Kier alpha value is -2.30. The summed E-state index contributed by atoms with van der Waals surface area (Å²) in [6, 6.07) is 7.88. The second-order valence-corrected chi connectivity index (χ2v) is 9.15. The maximum absolute atomic E-state index is 13.2. The van der Waals surface area contributed by atoms with E-state index in [4.69, 9.17) is 0 Å². The molecule has 0 radical (unpaired) electrons. The highest BCUT2D eigenvalue weighted by Crippen LogP contribution is 2.42. The predicted molar refractivity (Wildman–Crippen MR) is 119 cm³/mol. The van der Waals surface area contributed by atoms with Crippen LogP contribution in [0.15, 0.2) is 36.5 Å². The second-order valence-electron chi connectivity index (χ2n) is 9.15. The zero-order valence-electron chi connectivity index (χ0n) is 18.8. The topological polar surface area (TPSA) is 61.4 Å². The number of nitrogens with zero attached hydrogens (tertiary/aromatic N) is 1. The second kappa shape index (κ2) is 9.95. The summed E-state index contributed by atoms with van der Waals surface area (Å²) in [6.45, 7) is 13.9. The molecule has 3 amide bonds. The monoisotopic (exact) mass is 399 g/mol. The number of carbonyl (C=O) groups excluding carboxylic acids is 2. The number of benzene rings is 1. The average Bonchev–Trinajstić information content (AvgIpc) is 2.66. The molecular formula is C24H37N3O2. The van der Waals surface area contributed by atoms with Crippen LogP contribution in [0.4, 0.5) is 4.79 Å². The minimum absolute atomic E-state index is 0.00468. The Kier molecular flexibility index (Phi) is 7.88. The molecule has 1 unspecified atom stereocenters. The van der Waals surface area contributed by atoms with E-state index >= 15 is 0 Å². The number of hydrogen-bond donors (Lipinski definition) is 2. The van der Waals surface area contributed by atoms with Crippen LogP contribution in [0.1, 0.15) is 64.5 Å². The molecule has 2 rings (SSSR count). The third kappa shape index (κ3) is 6.09. The molecule has 2 N–H and O–H groups in total. The number of allylic oxidation sites excluding steroid dienone is 1. The van der Waals surface area contributed by atoms with Crippen molar-refractivity contribution in [1.29, 1.82) is 0 Å². The molecule has 1 fully saturated rings. The van der Waals surface area contributed by atoms with E-state index in [1.54, 1.807) is 6.20 Å². The Labute approximate surface area is 175 Å². The average molecular weight is 400 g/mol. The zero-order chi connectivity index (χ0) is 21.6. The third-order valence-corrected chi connectivity index (χ3v) is 5.81. The quantitative estimate of drug-likeness (QED) is 0.735. The molecule has 5 nitrogen and oxygen atoms in total. The van der Waals surface area contributed by atoms with E-state index in [1.807, 2.05) is 31.7 Å². The van der Waals surface area contributed by atoms with Crippen molar-refractivity contribution in [1.82, 2.24) is 15.5 Å². The summed E-state index contributed by atoms with van der Waals surface area (Å²) in [5.74, 6) is 0.437. The van der Waals surface area contributed by atoms with Gasteiger partial charge >= 0.3 is 6.03 Å². The van der Waals surface area contributed by atoms with Crippen molar-refractivity contribution in [2.75, 3.05) is 13.1 Å². The smallest absolute Gasteiger partial charge is 0.319 e. The van der Waals surface area contributed by atoms with E-state index in [0.717, 1.165) is 12.8 Å². The lowest BCUT2D eigenvalue weighted by Crippen LogP contribution is -2.56. The first kappa shape index (κ1) is 23.0. The number of piperidine rings is 1. The normalized spacial score (nSPS) is 20.0. The van der Waals surface area contributed by atoms with Crippen LogP contribution >= 0.6 is 0 Å². The Bertz CT molecular complexity index is 722. The third-order valence-electron chi connectivity index (χ3n) is 5.81. The zero-order valence-corrected chi connectivity index (χ0v) is 18.8. The maximum Gasteiger partial charge on any atom is 0.319 e. The van der Waals surface area contributed by atoms with Crippen LogP contribution < -0.4 is 10.6 Å². The largest absolute Gasteiger partial charge is 0.340 e. The van der Waals surface area contributed by atoms with Gasteiger partial charge < -0.3 is 15.5 Å². The highest BCUT2D eigenvalue weighted by atomic mass is 16.2. The summed E-state index contributed by atoms with van der Waals surface area (Å²) >= 11 is 0. The molecule has 0 spiro atoms. The summed E-state index contributed by atoms with van der Waals surface area (Å²) in [4.78, 5) is 27.3. The van der Waals surface area contributed by atoms with E-state index in [-0.39, 0.29) is 23.3 Å². The molecule has 1 aliphatic rings. The molecule has 5 heteroatoms. The van der Waals surface area contributed by atoms with Gasteiger partial charge in [0, 0.05) is 19.3 Å². The summed E-state index contributed by atoms with van der Waals surface area (Å²) in [5, 5.41) is 5.53. The number of rotatable bonds is 6. The minimum atomic E-state index is -0.531. The fourth-order valence-corrected chi connectivity index (χ4v) is 4.11. The molecule has 2 atom stereocenters. The van der Waals surface area contributed by atoms with Gasteiger partial charge in [-0.3, -0.25) is 4.79 Å². The van der Waals surface area contributed by atoms with Crippen molar-refractivity contribution >= 4 is 11.9 Å². The molecule has 1 aliphatic heterocycles. The molecule has 0 aliphatic carbocycles. The first-order valence-electron chi connectivity index (χ1n) is 10.7. The summed E-state index contributed by atoms with van der Waals surface area (Å²) < 4.78 is 0. The van der Waals surface area contributed by atoms with Crippen molar-refractivity contribution in [3.05, 3.63) is 47.7 Å². The highest BCUT2D eigenvalue weighted by Gasteiger charge is 2.40. The molecule has 1 heterocycles. The van der Waals surface area contributed by atoms with Gasteiger partial charge in [-0.1, -0.05) is 70.5 Å². The van der Waals surface area contributed by atoms with Crippen LogP contribution in [-0.4, -0.2) is 36.0 Å². The minimum Gasteiger partial charge on any atom is -0.340 e. The number of urea groups is 1. The Morgan fingerprint density at radius 3 is 2.45 bits per heavy atom. The van der Waals surface area contributed by atoms with E-state index in [1.165, 1.54) is 11.1 Å². The van der Waals surface area contributed by atoms with E-state index in [0.29, 0.717) is 19.0 Å². The lowest BCUT2D eigenvalue weighted by Gasteiger charge is -2.45. The Morgan fingerprint density at radius 2 is 1.90 bits per heavy atom. The lowest BCUT2D eigenvalue weighted by molar-refractivity contribution is -0.137. The number of nitrogens with one attached hydrogen (secondary N) is 2. The molecule has 29 heavy (non-hydrogen) atoms. The Balaban J connectivity index is 2.07.